The van der Waals surface area contributed by atoms with Crippen LogP contribution in [0.5, 0.6) is 0 Å². The molecular formula is C17H16N2O3S. The van der Waals surface area contributed by atoms with Crippen LogP contribution in [0.25, 0.3) is 11.7 Å². The molecule has 0 N–H and O–H groups in total. The monoisotopic (exact) mass is 328 g/mol. The molecule has 5 nitrogen and oxygen atoms in total. The first-order chi connectivity index (χ1) is 11.0. The number of nitrogens with zero attached hydrogens (tertiary/aromatic N) is 2. The minimum Gasteiger partial charge on any atom is -0.459 e. The van der Waals surface area contributed by atoms with Crippen LogP contribution in [0.1, 0.15) is 27.0 Å². The first kappa shape index (κ1) is 15.6. The Morgan fingerprint density at radius 2 is 1.91 bits per heavy atom. The number of carbonyl (C=O) groups is 1. The highest BCUT2D eigenvalue weighted by atomic mass is 32.2. The zero-order valence-electron chi connectivity index (χ0n) is 13.1. The lowest BCUT2D eigenvalue weighted by molar-refractivity contribution is 0.102. The second-order valence-corrected chi connectivity index (χ2v) is 6.24. The van der Waals surface area contributed by atoms with E-state index in [-0.39, 0.29) is 11.5 Å². The van der Waals surface area contributed by atoms with Crippen molar-refractivity contribution in [2.45, 2.75) is 26.0 Å². The van der Waals surface area contributed by atoms with Gasteiger partial charge in [0.25, 0.3) is 11.1 Å². The van der Waals surface area contributed by atoms with Gasteiger partial charge < -0.3 is 8.83 Å². The topological polar surface area (TPSA) is 69.1 Å². The van der Waals surface area contributed by atoms with Crippen molar-refractivity contribution in [1.29, 1.82) is 0 Å². The third-order valence-corrected chi connectivity index (χ3v) is 4.42. The molecule has 118 valence electrons. The van der Waals surface area contributed by atoms with E-state index in [0.717, 1.165) is 16.7 Å². The Balaban J connectivity index is 1.69. The summed E-state index contributed by atoms with van der Waals surface area (Å²) in [5, 5.41) is 8.19. The Bertz CT molecular complexity index is 838. The third-order valence-electron chi connectivity index (χ3n) is 3.61. The number of aromatic nitrogens is 2. The van der Waals surface area contributed by atoms with E-state index < -0.39 is 0 Å². The van der Waals surface area contributed by atoms with Gasteiger partial charge in [-0.1, -0.05) is 17.8 Å². The van der Waals surface area contributed by atoms with Crippen LogP contribution in [-0.4, -0.2) is 21.7 Å². The average molecular weight is 328 g/mol. The number of furan rings is 1. The molecule has 0 aliphatic carbocycles. The van der Waals surface area contributed by atoms with Crippen molar-refractivity contribution in [2.75, 3.05) is 5.75 Å². The summed E-state index contributed by atoms with van der Waals surface area (Å²) in [4.78, 5) is 12.4. The van der Waals surface area contributed by atoms with Crippen LogP contribution in [0, 0.1) is 20.8 Å². The molecule has 2 aromatic heterocycles. The molecule has 3 aromatic rings. The Morgan fingerprint density at radius 3 is 2.65 bits per heavy atom. The van der Waals surface area contributed by atoms with Gasteiger partial charge in [-0.25, -0.2) is 0 Å². The van der Waals surface area contributed by atoms with Crippen LogP contribution in [0.15, 0.2) is 44.6 Å². The minimum absolute atomic E-state index is 0.0494. The quantitative estimate of drug-likeness (QED) is 0.515. The Morgan fingerprint density at radius 1 is 1.13 bits per heavy atom. The normalized spacial score (nSPS) is 10.9. The van der Waals surface area contributed by atoms with E-state index >= 15 is 0 Å². The fourth-order valence-electron chi connectivity index (χ4n) is 2.23. The van der Waals surface area contributed by atoms with Gasteiger partial charge in [-0.3, -0.25) is 4.79 Å². The van der Waals surface area contributed by atoms with Gasteiger partial charge in [0.1, 0.15) is 0 Å². The van der Waals surface area contributed by atoms with Crippen molar-refractivity contribution in [3.05, 3.63) is 52.8 Å². The van der Waals surface area contributed by atoms with Crippen molar-refractivity contribution in [3.63, 3.8) is 0 Å². The molecule has 0 atom stereocenters. The van der Waals surface area contributed by atoms with E-state index in [1.807, 2.05) is 32.9 Å². The fraction of sp³-hybridized carbons (Fsp3) is 0.235. The van der Waals surface area contributed by atoms with Gasteiger partial charge in [0, 0.05) is 5.56 Å². The molecule has 0 saturated carbocycles. The molecule has 0 saturated heterocycles. The molecule has 6 heteroatoms. The van der Waals surface area contributed by atoms with E-state index in [0.29, 0.717) is 16.9 Å². The van der Waals surface area contributed by atoms with Crippen LogP contribution < -0.4 is 0 Å². The zero-order valence-corrected chi connectivity index (χ0v) is 13.9. The lowest BCUT2D eigenvalue weighted by atomic mass is 9.99. The number of carbonyl (C=O) groups excluding carboxylic acids is 1. The highest BCUT2D eigenvalue weighted by Gasteiger charge is 2.15. The number of ketones is 1. The van der Waals surface area contributed by atoms with Crippen molar-refractivity contribution in [2.24, 2.45) is 0 Å². The lowest BCUT2D eigenvalue weighted by Gasteiger charge is -2.08. The molecule has 0 spiro atoms. The van der Waals surface area contributed by atoms with Crippen LogP contribution >= 0.6 is 11.8 Å². The second kappa shape index (κ2) is 6.42. The van der Waals surface area contributed by atoms with Crippen molar-refractivity contribution in [1.82, 2.24) is 10.2 Å². The summed E-state index contributed by atoms with van der Waals surface area (Å²) < 4.78 is 10.7. The highest BCUT2D eigenvalue weighted by Crippen LogP contribution is 2.25. The number of benzene rings is 1. The van der Waals surface area contributed by atoms with Gasteiger partial charge in [-0.15, -0.1) is 10.2 Å². The standard InChI is InChI=1S/C17H16N2O3S/c1-10-7-12(3)13(8-11(10)2)14(20)9-23-17-19-18-16(22-17)15-5-4-6-21-15/h4-8H,9H2,1-3H3. The molecular weight excluding hydrogens is 312 g/mol. The maximum Gasteiger partial charge on any atom is 0.284 e. The Labute approximate surface area is 138 Å². The van der Waals surface area contributed by atoms with Crippen molar-refractivity contribution < 1.29 is 13.6 Å². The number of hydrogen-bond acceptors (Lipinski definition) is 6. The van der Waals surface area contributed by atoms with Gasteiger partial charge in [0.05, 0.1) is 12.0 Å². The van der Waals surface area contributed by atoms with Gasteiger partial charge in [0.2, 0.25) is 0 Å². The summed E-state index contributed by atoms with van der Waals surface area (Å²) >= 11 is 1.23. The van der Waals surface area contributed by atoms with Crippen LogP contribution in [0.4, 0.5) is 0 Å². The van der Waals surface area contributed by atoms with Gasteiger partial charge >= 0.3 is 0 Å². The minimum atomic E-state index is 0.0494. The molecule has 23 heavy (non-hydrogen) atoms. The van der Waals surface area contributed by atoms with Gasteiger partial charge in [-0.05, 0) is 55.7 Å². The lowest BCUT2D eigenvalue weighted by Crippen LogP contribution is -2.06. The summed E-state index contributed by atoms with van der Waals surface area (Å²) in [6.45, 7) is 6.00. The van der Waals surface area contributed by atoms with Crippen molar-refractivity contribution >= 4 is 17.5 Å². The van der Waals surface area contributed by atoms with E-state index in [1.165, 1.54) is 17.3 Å². The summed E-state index contributed by atoms with van der Waals surface area (Å²) in [6, 6.07) is 7.47. The highest BCUT2D eigenvalue weighted by molar-refractivity contribution is 7.99. The maximum absolute atomic E-state index is 12.4. The molecule has 3 rings (SSSR count). The molecule has 0 amide bonds. The van der Waals surface area contributed by atoms with E-state index in [9.17, 15) is 4.79 Å². The van der Waals surface area contributed by atoms with E-state index in [4.69, 9.17) is 8.83 Å². The predicted octanol–water partition coefficient (Wildman–Crippen LogP) is 4.23. The third kappa shape index (κ3) is 3.37. The van der Waals surface area contributed by atoms with Gasteiger partial charge in [-0.2, -0.15) is 0 Å². The largest absolute Gasteiger partial charge is 0.459 e. The number of aryl methyl sites for hydroxylation is 3. The number of thioether (sulfide) groups is 1. The van der Waals surface area contributed by atoms with Crippen LogP contribution in [0.3, 0.4) is 0 Å². The smallest absolute Gasteiger partial charge is 0.284 e. The van der Waals surface area contributed by atoms with Crippen LogP contribution in [0.2, 0.25) is 0 Å². The molecule has 0 radical (unpaired) electrons. The molecule has 2 heterocycles. The second-order valence-electron chi connectivity index (χ2n) is 5.31. The van der Waals surface area contributed by atoms with Crippen LogP contribution in [-0.2, 0) is 0 Å². The molecule has 0 fully saturated rings. The number of Topliss-reactive ketones (excluding diaryl/α,β-unsaturated/α-hetero) is 1. The van der Waals surface area contributed by atoms with E-state index in [2.05, 4.69) is 10.2 Å². The molecule has 0 aliphatic rings. The summed E-state index contributed by atoms with van der Waals surface area (Å²) in [5.74, 6) is 1.13. The fourth-order valence-corrected chi connectivity index (χ4v) is 2.88. The zero-order chi connectivity index (χ0) is 16.4. The summed E-state index contributed by atoms with van der Waals surface area (Å²) in [6.07, 6.45) is 1.54. The molecule has 0 unspecified atom stereocenters. The summed E-state index contributed by atoms with van der Waals surface area (Å²) in [7, 11) is 0. The first-order valence-electron chi connectivity index (χ1n) is 7.16. The van der Waals surface area contributed by atoms with Crippen molar-refractivity contribution in [3.8, 4) is 11.7 Å². The predicted molar refractivity (Wildman–Crippen MR) is 87.7 cm³/mol. The number of hydrogen-bond donors (Lipinski definition) is 0. The first-order valence-corrected chi connectivity index (χ1v) is 8.14. The van der Waals surface area contributed by atoms with Gasteiger partial charge in [0.15, 0.2) is 11.5 Å². The Kier molecular flexibility index (Phi) is 4.34. The SMILES string of the molecule is Cc1cc(C)c(C(=O)CSc2nnc(-c3ccco3)o2)cc1C. The maximum atomic E-state index is 12.4. The summed E-state index contributed by atoms with van der Waals surface area (Å²) in [5.41, 5.74) is 4.03. The molecule has 1 aromatic carbocycles. The Hall–Kier alpha value is -2.34. The average Bonchev–Trinajstić information content (AvgIpc) is 3.19. The van der Waals surface area contributed by atoms with E-state index in [1.54, 1.807) is 18.4 Å². The molecule has 0 aliphatic heterocycles. The molecule has 0 bridgehead atoms. The number of rotatable bonds is 5.